The standard InChI is InChI=1S/C10H15NO/c1-2-8-3-4-10(12)7-9(8)5-6-11/h3-4,7,12H,2,5-6,11H2,1H3. The van der Waals surface area contributed by atoms with E-state index in [1.165, 1.54) is 11.1 Å². The van der Waals surface area contributed by atoms with Crippen molar-refractivity contribution in [2.24, 2.45) is 5.73 Å². The molecule has 3 N–H and O–H groups in total. The van der Waals surface area contributed by atoms with Crippen molar-refractivity contribution in [1.29, 1.82) is 0 Å². The van der Waals surface area contributed by atoms with E-state index in [9.17, 15) is 5.11 Å². The van der Waals surface area contributed by atoms with Gasteiger partial charge in [-0.3, -0.25) is 0 Å². The van der Waals surface area contributed by atoms with Gasteiger partial charge in [0.15, 0.2) is 0 Å². The smallest absolute Gasteiger partial charge is 0.115 e. The second-order valence-corrected chi connectivity index (χ2v) is 2.85. The Kier molecular flexibility index (Phi) is 3.11. The molecule has 0 radical (unpaired) electrons. The van der Waals surface area contributed by atoms with E-state index in [0.717, 1.165) is 12.8 Å². The van der Waals surface area contributed by atoms with Crippen molar-refractivity contribution in [3.63, 3.8) is 0 Å². The van der Waals surface area contributed by atoms with Gasteiger partial charge in [0.1, 0.15) is 5.75 Å². The lowest BCUT2D eigenvalue weighted by atomic mass is 10.0. The molecule has 66 valence electrons. The summed E-state index contributed by atoms with van der Waals surface area (Å²) in [5, 5.41) is 9.22. The van der Waals surface area contributed by atoms with Crippen LogP contribution in [0, 0.1) is 0 Å². The number of hydrogen-bond donors (Lipinski definition) is 2. The van der Waals surface area contributed by atoms with Gasteiger partial charge in [0, 0.05) is 0 Å². The first-order valence-electron chi connectivity index (χ1n) is 4.28. The van der Waals surface area contributed by atoms with Crippen LogP contribution < -0.4 is 5.73 Å². The molecule has 2 nitrogen and oxygen atoms in total. The van der Waals surface area contributed by atoms with Gasteiger partial charge in [0.25, 0.3) is 0 Å². The van der Waals surface area contributed by atoms with Gasteiger partial charge >= 0.3 is 0 Å². The lowest BCUT2D eigenvalue weighted by Gasteiger charge is -2.06. The van der Waals surface area contributed by atoms with Gasteiger partial charge in [-0.2, -0.15) is 0 Å². The predicted octanol–water partition coefficient (Wildman–Crippen LogP) is 1.46. The molecule has 0 spiro atoms. The molecule has 2 heteroatoms. The number of rotatable bonds is 3. The van der Waals surface area contributed by atoms with Gasteiger partial charge in [-0.25, -0.2) is 0 Å². The number of phenols is 1. The fourth-order valence-electron chi connectivity index (χ4n) is 1.35. The molecule has 0 fully saturated rings. The number of benzene rings is 1. The van der Waals surface area contributed by atoms with Crippen LogP contribution in [0.25, 0.3) is 0 Å². The average molecular weight is 165 g/mol. The van der Waals surface area contributed by atoms with Crippen molar-refractivity contribution in [2.45, 2.75) is 19.8 Å². The van der Waals surface area contributed by atoms with Crippen molar-refractivity contribution in [3.05, 3.63) is 29.3 Å². The lowest BCUT2D eigenvalue weighted by molar-refractivity contribution is 0.474. The molecule has 0 amide bonds. The zero-order chi connectivity index (χ0) is 8.97. The van der Waals surface area contributed by atoms with E-state index >= 15 is 0 Å². The first-order chi connectivity index (χ1) is 5.77. The van der Waals surface area contributed by atoms with Crippen molar-refractivity contribution >= 4 is 0 Å². The molecule has 0 atom stereocenters. The minimum absolute atomic E-state index is 0.329. The number of hydrogen-bond acceptors (Lipinski definition) is 2. The Hall–Kier alpha value is -1.02. The van der Waals surface area contributed by atoms with Crippen LogP contribution in [-0.4, -0.2) is 11.7 Å². The summed E-state index contributed by atoms with van der Waals surface area (Å²) in [6, 6.07) is 5.48. The normalized spacial score (nSPS) is 10.2. The first kappa shape index (κ1) is 9.07. The van der Waals surface area contributed by atoms with Crippen LogP contribution in [0.1, 0.15) is 18.1 Å². The molecular formula is C10H15NO. The van der Waals surface area contributed by atoms with Gasteiger partial charge in [-0.1, -0.05) is 13.0 Å². The Balaban J connectivity index is 2.95. The third-order valence-corrected chi connectivity index (χ3v) is 1.98. The first-order valence-corrected chi connectivity index (χ1v) is 4.28. The summed E-state index contributed by atoms with van der Waals surface area (Å²) in [5.41, 5.74) is 7.90. The Morgan fingerprint density at radius 1 is 1.33 bits per heavy atom. The summed E-state index contributed by atoms with van der Waals surface area (Å²) in [4.78, 5) is 0. The second kappa shape index (κ2) is 4.12. The molecular weight excluding hydrogens is 150 g/mol. The molecule has 0 unspecified atom stereocenters. The molecule has 0 aliphatic rings. The fourth-order valence-corrected chi connectivity index (χ4v) is 1.35. The van der Waals surface area contributed by atoms with Gasteiger partial charge in [0.05, 0.1) is 0 Å². The van der Waals surface area contributed by atoms with E-state index in [0.29, 0.717) is 12.3 Å². The predicted molar refractivity (Wildman–Crippen MR) is 50.2 cm³/mol. The summed E-state index contributed by atoms with van der Waals surface area (Å²) < 4.78 is 0. The highest BCUT2D eigenvalue weighted by Crippen LogP contribution is 2.17. The van der Waals surface area contributed by atoms with Crippen molar-refractivity contribution < 1.29 is 5.11 Å². The highest BCUT2D eigenvalue weighted by atomic mass is 16.3. The zero-order valence-corrected chi connectivity index (χ0v) is 7.38. The van der Waals surface area contributed by atoms with E-state index < -0.39 is 0 Å². The van der Waals surface area contributed by atoms with Crippen LogP contribution in [0.15, 0.2) is 18.2 Å². The number of phenolic OH excluding ortho intramolecular Hbond substituents is 1. The van der Waals surface area contributed by atoms with E-state index in [1.807, 2.05) is 6.07 Å². The molecule has 12 heavy (non-hydrogen) atoms. The largest absolute Gasteiger partial charge is 0.508 e. The maximum atomic E-state index is 9.22. The molecule has 1 rings (SSSR count). The SMILES string of the molecule is CCc1ccc(O)cc1CCN. The molecule has 0 aromatic heterocycles. The summed E-state index contributed by atoms with van der Waals surface area (Å²) in [6.07, 6.45) is 1.84. The van der Waals surface area contributed by atoms with E-state index in [1.54, 1.807) is 12.1 Å². The quantitative estimate of drug-likeness (QED) is 0.712. The highest BCUT2D eigenvalue weighted by molar-refractivity contribution is 5.35. The Morgan fingerprint density at radius 2 is 2.08 bits per heavy atom. The molecule has 0 aliphatic heterocycles. The van der Waals surface area contributed by atoms with E-state index in [4.69, 9.17) is 5.73 Å². The van der Waals surface area contributed by atoms with Crippen LogP contribution in [0.5, 0.6) is 5.75 Å². The topological polar surface area (TPSA) is 46.2 Å². The number of aryl methyl sites for hydroxylation is 1. The molecule has 0 heterocycles. The van der Waals surface area contributed by atoms with Crippen molar-refractivity contribution in [1.82, 2.24) is 0 Å². The van der Waals surface area contributed by atoms with Gasteiger partial charge in [-0.15, -0.1) is 0 Å². The highest BCUT2D eigenvalue weighted by Gasteiger charge is 2.00. The van der Waals surface area contributed by atoms with Crippen LogP contribution >= 0.6 is 0 Å². The molecule has 0 saturated carbocycles. The fraction of sp³-hybridized carbons (Fsp3) is 0.400. The maximum absolute atomic E-state index is 9.22. The lowest BCUT2D eigenvalue weighted by Crippen LogP contribution is -2.04. The molecule has 1 aromatic carbocycles. The minimum Gasteiger partial charge on any atom is -0.508 e. The summed E-state index contributed by atoms with van der Waals surface area (Å²) in [5.74, 6) is 0.329. The number of nitrogens with two attached hydrogens (primary N) is 1. The van der Waals surface area contributed by atoms with E-state index in [2.05, 4.69) is 6.92 Å². The Morgan fingerprint density at radius 3 is 2.67 bits per heavy atom. The molecule has 1 aromatic rings. The zero-order valence-electron chi connectivity index (χ0n) is 7.38. The summed E-state index contributed by atoms with van der Waals surface area (Å²) in [7, 11) is 0. The van der Waals surface area contributed by atoms with Gasteiger partial charge in [0.2, 0.25) is 0 Å². The third-order valence-electron chi connectivity index (χ3n) is 1.98. The van der Waals surface area contributed by atoms with Crippen LogP contribution in [0.2, 0.25) is 0 Å². The Bertz CT molecular complexity index is 258. The summed E-state index contributed by atoms with van der Waals surface area (Å²) in [6.45, 7) is 2.74. The summed E-state index contributed by atoms with van der Waals surface area (Å²) >= 11 is 0. The molecule has 0 bridgehead atoms. The molecule has 0 saturated heterocycles. The van der Waals surface area contributed by atoms with Crippen LogP contribution in [-0.2, 0) is 12.8 Å². The molecule has 0 aliphatic carbocycles. The maximum Gasteiger partial charge on any atom is 0.115 e. The number of aromatic hydroxyl groups is 1. The van der Waals surface area contributed by atoms with Gasteiger partial charge in [-0.05, 0) is 42.6 Å². The average Bonchev–Trinajstić information content (AvgIpc) is 2.05. The second-order valence-electron chi connectivity index (χ2n) is 2.85. The van der Waals surface area contributed by atoms with E-state index in [-0.39, 0.29) is 0 Å². The van der Waals surface area contributed by atoms with Crippen LogP contribution in [0.4, 0.5) is 0 Å². The third kappa shape index (κ3) is 1.98. The van der Waals surface area contributed by atoms with Gasteiger partial charge < -0.3 is 10.8 Å². The van der Waals surface area contributed by atoms with Crippen molar-refractivity contribution in [2.75, 3.05) is 6.54 Å². The minimum atomic E-state index is 0.329. The van der Waals surface area contributed by atoms with Crippen LogP contribution in [0.3, 0.4) is 0 Å². The monoisotopic (exact) mass is 165 g/mol. The van der Waals surface area contributed by atoms with Crippen molar-refractivity contribution in [3.8, 4) is 5.75 Å². The Labute approximate surface area is 73.0 Å².